The van der Waals surface area contributed by atoms with Gasteiger partial charge in [-0.25, -0.2) is 0 Å². The quantitative estimate of drug-likeness (QED) is 0.838. The van der Waals surface area contributed by atoms with Gasteiger partial charge in [-0.2, -0.15) is 13.2 Å². The van der Waals surface area contributed by atoms with Crippen molar-refractivity contribution in [1.29, 1.82) is 0 Å². The van der Waals surface area contributed by atoms with Crippen molar-refractivity contribution in [2.45, 2.75) is 18.6 Å². The molecule has 1 aliphatic rings. The minimum absolute atomic E-state index is 0.0396. The van der Waals surface area contributed by atoms with Gasteiger partial charge in [0.1, 0.15) is 0 Å². The topological polar surface area (TPSA) is 32.3 Å². The first kappa shape index (κ1) is 12.4. The average molecular weight is 245 g/mol. The highest BCUT2D eigenvalue weighted by molar-refractivity contribution is 5.27. The van der Waals surface area contributed by atoms with E-state index in [1.165, 1.54) is 12.1 Å². The molecule has 1 heterocycles. The fourth-order valence-electron chi connectivity index (χ4n) is 2.22. The molecule has 2 atom stereocenters. The van der Waals surface area contributed by atoms with E-state index in [4.69, 9.17) is 5.11 Å². The molecule has 1 saturated heterocycles. The molecule has 0 saturated carbocycles. The number of halogens is 3. The van der Waals surface area contributed by atoms with Crippen LogP contribution in [0.1, 0.15) is 23.6 Å². The second-order valence-corrected chi connectivity index (χ2v) is 4.28. The fourth-order valence-corrected chi connectivity index (χ4v) is 2.22. The minimum atomic E-state index is -4.29. The van der Waals surface area contributed by atoms with Crippen LogP contribution >= 0.6 is 0 Å². The molecule has 0 radical (unpaired) electrons. The molecule has 5 heteroatoms. The highest BCUT2D eigenvalue weighted by Crippen LogP contribution is 2.33. The third kappa shape index (κ3) is 2.61. The summed E-state index contributed by atoms with van der Waals surface area (Å²) in [5, 5.41) is 12.4. The predicted molar refractivity (Wildman–Crippen MR) is 57.4 cm³/mol. The van der Waals surface area contributed by atoms with Crippen LogP contribution in [-0.4, -0.2) is 18.3 Å². The maximum absolute atomic E-state index is 12.4. The lowest BCUT2D eigenvalue weighted by Crippen LogP contribution is -2.20. The average Bonchev–Trinajstić information content (AvgIpc) is 2.76. The summed E-state index contributed by atoms with van der Waals surface area (Å²) in [6.07, 6.45) is -3.44. The Morgan fingerprint density at radius 3 is 2.41 bits per heavy atom. The maximum atomic E-state index is 12.4. The van der Waals surface area contributed by atoms with E-state index in [9.17, 15) is 13.2 Å². The van der Waals surface area contributed by atoms with Gasteiger partial charge in [-0.1, -0.05) is 12.1 Å². The Hall–Kier alpha value is -1.07. The van der Waals surface area contributed by atoms with Crippen molar-refractivity contribution in [2.75, 3.05) is 13.2 Å². The highest BCUT2D eigenvalue weighted by Gasteiger charge is 2.31. The van der Waals surface area contributed by atoms with Gasteiger partial charge in [-0.05, 0) is 30.7 Å². The molecule has 2 nitrogen and oxygen atoms in total. The van der Waals surface area contributed by atoms with E-state index >= 15 is 0 Å². The van der Waals surface area contributed by atoms with Gasteiger partial charge in [0.05, 0.1) is 5.56 Å². The molecule has 1 aromatic rings. The molecule has 0 unspecified atom stereocenters. The third-order valence-corrected chi connectivity index (χ3v) is 3.18. The number of aliphatic hydroxyl groups is 1. The van der Waals surface area contributed by atoms with E-state index in [1.54, 1.807) is 0 Å². The van der Waals surface area contributed by atoms with Crippen molar-refractivity contribution in [2.24, 2.45) is 5.92 Å². The second kappa shape index (κ2) is 4.66. The van der Waals surface area contributed by atoms with Gasteiger partial charge in [0, 0.05) is 18.6 Å². The first-order chi connectivity index (χ1) is 8.02. The van der Waals surface area contributed by atoms with Crippen LogP contribution in [0, 0.1) is 5.92 Å². The van der Waals surface area contributed by atoms with Crippen LogP contribution in [0.15, 0.2) is 24.3 Å². The Kier molecular flexibility index (Phi) is 3.40. The van der Waals surface area contributed by atoms with Crippen LogP contribution in [0.4, 0.5) is 13.2 Å². The summed E-state index contributed by atoms with van der Waals surface area (Å²) >= 11 is 0. The van der Waals surface area contributed by atoms with Crippen LogP contribution in [0.5, 0.6) is 0 Å². The molecule has 0 bridgehead atoms. The molecule has 1 aliphatic heterocycles. The molecule has 2 N–H and O–H groups in total. The number of rotatable bonds is 2. The minimum Gasteiger partial charge on any atom is -0.396 e. The zero-order valence-electron chi connectivity index (χ0n) is 9.17. The Morgan fingerprint density at radius 2 is 1.88 bits per heavy atom. The molecular formula is C12H14F3NO. The van der Waals surface area contributed by atoms with E-state index in [0.717, 1.165) is 30.7 Å². The molecule has 0 aliphatic carbocycles. The number of hydrogen-bond acceptors (Lipinski definition) is 2. The van der Waals surface area contributed by atoms with E-state index in [0.29, 0.717) is 0 Å². The lowest BCUT2D eigenvalue weighted by atomic mass is 9.94. The van der Waals surface area contributed by atoms with Gasteiger partial charge >= 0.3 is 6.18 Å². The van der Waals surface area contributed by atoms with Crippen molar-refractivity contribution in [3.05, 3.63) is 35.4 Å². The lowest BCUT2D eigenvalue weighted by molar-refractivity contribution is -0.137. The van der Waals surface area contributed by atoms with Crippen LogP contribution < -0.4 is 5.32 Å². The molecule has 1 aromatic carbocycles. The predicted octanol–water partition coefficient (Wildman–Crippen LogP) is 2.35. The Morgan fingerprint density at radius 1 is 1.24 bits per heavy atom. The van der Waals surface area contributed by atoms with E-state index in [1.807, 2.05) is 0 Å². The summed E-state index contributed by atoms with van der Waals surface area (Å²) in [7, 11) is 0. The smallest absolute Gasteiger partial charge is 0.396 e. The van der Waals surface area contributed by atoms with Crippen molar-refractivity contribution >= 4 is 0 Å². The number of benzene rings is 1. The number of hydrogen-bond donors (Lipinski definition) is 2. The third-order valence-electron chi connectivity index (χ3n) is 3.18. The molecular weight excluding hydrogens is 231 g/mol. The van der Waals surface area contributed by atoms with Gasteiger partial charge in [0.25, 0.3) is 0 Å². The number of alkyl halides is 3. The van der Waals surface area contributed by atoms with E-state index in [2.05, 4.69) is 5.32 Å². The summed E-state index contributed by atoms with van der Waals surface area (Å²) in [5.74, 6) is 0.0896. The summed E-state index contributed by atoms with van der Waals surface area (Å²) < 4.78 is 37.2. The maximum Gasteiger partial charge on any atom is 0.416 e. The van der Waals surface area contributed by atoms with Gasteiger partial charge in [0.2, 0.25) is 0 Å². The fraction of sp³-hybridized carbons (Fsp3) is 0.500. The van der Waals surface area contributed by atoms with Crippen LogP contribution in [0.3, 0.4) is 0 Å². The first-order valence-corrected chi connectivity index (χ1v) is 5.54. The van der Waals surface area contributed by atoms with Gasteiger partial charge < -0.3 is 10.4 Å². The first-order valence-electron chi connectivity index (χ1n) is 5.54. The zero-order chi connectivity index (χ0) is 12.5. The lowest BCUT2D eigenvalue weighted by Gasteiger charge is -2.18. The largest absolute Gasteiger partial charge is 0.416 e. The monoisotopic (exact) mass is 245 g/mol. The van der Waals surface area contributed by atoms with Crippen molar-refractivity contribution < 1.29 is 18.3 Å². The molecule has 0 amide bonds. The Bertz CT molecular complexity index is 374. The number of aliphatic hydroxyl groups excluding tert-OH is 1. The van der Waals surface area contributed by atoms with E-state index in [-0.39, 0.29) is 18.6 Å². The SMILES string of the molecule is OC[C@@H]1CCN[C@@H]1c1ccc(C(F)(F)F)cc1. The van der Waals surface area contributed by atoms with Gasteiger partial charge in [-0.15, -0.1) is 0 Å². The van der Waals surface area contributed by atoms with Crippen molar-refractivity contribution in [1.82, 2.24) is 5.32 Å². The normalized spacial score (nSPS) is 25.2. The molecule has 0 spiro atoms. The van der Waals surface area contributed by atoms with Crippen molar-refractivity contribution in [3.63, 3.8) is 0 Å². The van der Waals surface area contributed by atoms with Crippen molar-refractivity contribution in [3.8, 4) is 0 Å². The van der Waals surface area contributed by atoms with Gasteiger partial charge in [0.15, 0.2) is 0 Å². The van der Waals surface area contributed by atoms with Crippen LogP contribution in [0.25, 0.3) is 0 Å². The summed E-state index contributed by atoms with van der Waals surface area (Å²) in [6.45, 7) is 0.843. The second-order valence-electron chi connectivity index (χ2n) is 4.28. The van der Waals surface area contributed by atoms with E-state index < -0.39 is 11.7 Å². The molecule has 94 valence electrons. The Balaban J connectivity index is 2.18. The molecule has 2 rings (SSSR count). The standard InChI is InChI=1S/C12H14F3NO/c13-12(14,15)10-3-1-8(2-4-10)11-9(7-17)5-6-16-11/h1-4,9,11,16-17H,5-7H2/t9-,11+/m0/s1. The highest BCUT2D eigenvalue weighted by atomic mass is 19.4. The molecule has 17 heavy (non-hydrogen) atoms. The summed E-state index contributed by atoms with van der Waals surface area (Å²) in [4.78, 5) is 0. The van der Waals surface area contributed by atoms with Gasteiger partial charge in [-0.3, -0.25) is 0 Å². The van der Waals surface area contributed by atoms with Crippen LogP contribution in [0.2, 0.25) is 0 Å². The summed E-state index contributed by atoms with van der Waals surface area (Å²) in [6, 6.07) is 5.10. The Labute approximate surface area is 97.5 Å². The van der Waals surface area contributed by atoms with Crippen LogP contribution in [-0.2, 0) is 6.18 Å². The summed E-state index contributed by atoms with van der Waals surface area (Å²) in [5.41, 5.74) is 0.161. The molecule has 1 fully saturated rings. The zero-order valence-corrected chi connectivity index (χ0v) is 9.17. The number of nitrogens with one attached hydrogen (secondary N) is 1. The molecule has 0 aromatic heterocycles.